The van der Waals surface area contributed by atoms with Gasteiger partial charge in [0.2, 0.25) is 5.91 Å². The van der Waals surface area contributed by atoms with E-state index in [1.54, 1.807) is 11.9 Å². The molecule has 0 unspecified atom stereocenters. The van der Waals surface area contributed by atoms with Crippen molar-refractivity contribution in [3.05, 3.63) is 53.3 Å². The fourth-order valence-electron chi connectivity index (χ4n) is 4.62. The first-order valence-electron chi connectivity index (χ1n) is 10.7. The molecular formula is C23H30N4O3. The van der Waals surface area contributed by atoms with Crippen molar-refractivity contribution in [2.24, 2.45) is 0 Å². The Bertz CT molecular complexity index is 917. The van der Waals surface area contributed by atoms with Crippen LogP contribution in [0.25, 0.3) is 0 Å². The van der Waals surface area contributed by atoms with Crippen LogP contribution in [0.2, 0.25) is 0 Å². The number of hydrogen-bond acceptors (Lipinski definition) is 4. The molecule has 2 heterocycles. The minimum atomic E-state index is -0.708. The van der Waals surface area contributed by atoms with Gasteiger partial charge in [-0.3, -0.25) is 14.3 Å². The molecule has 1 aromatic carbocycles. The first-order chi connectivity index (χ1) is 14.4. The van der Waals surface area contributed by atoms with Gasteiger partial charge >= 0.3 is 0 Å². The fraction of sp³-hybridized carbons (Fsp3) is 0.522. The third-order valence-electron chi connectivity index (χ3n) is 6.40. The number of ether oxygens (including phenoxy) is 1. The van der Waals surface area contributed by atoms with Crippen LogP contribution in [0, 0.1) is 13.8 Å². The Labute approximate surface area is 177 Å². The van der Waals surface area contributed by atoms with Crippen LogP contribution in [-0.4, -0.2) is 52.3 Å². The molecule has 1 N–H and O–H groups in total. The highest BCUT2D eigenvalue weighted by atomic mass is 16.5. The highest BCUT2D eigenvalue weighted by molar-refractivity contribution is 5.86. The molecule has 7 heteroatoms. The highest BCUT2D eigenvalue weighted by Crippen LogP contribution is 2.32. The van der Waals surface area contributed by atoms with Gasteiger partial charge in [0, 0.05) is 19.3 Å². The molecular weight excluding hydrogens is 380 g/mol. The summed E-state index contributed by atoms with van der Waals surface area (Å²) in [5.41, 5.74) is 3.16. The Morgan fingerprint density at radius 2 is 1.90 bits per heavy atom. The molecule has 2 amide bonds. The Hall–Kier alpha value is -2.67. The standard InChI is InChI=1S/C23H30N4O3/c1-15-12-24-27(13-15)18-10-8-17(9-11-18)25-23(29)22-21(26(3)20(28)14-30-22)19-7-5-4-6-16(19)2/h4-7,12-13,17-18,21-22H,8-11,14H2,1-3H3,(H,25,29)/t17?,18?,21-,22+/m1/s1. The molecule has 7 nitrogen and oxygen atoms in total. The third-order valence-corrected chi connectivity index (χ3v) is 6.40. The van der Waals surface area contributed by atoms with Crippen molar-refractivity contribution in [3.8, 4) is 0 Å². The number of carbonyl (C=O) groups excluding carboxylic acids is 2. The van der Waals surface area contributed by atoms with Crippen LogP contribution in [0.3, 0.4) is 0 Å². The third kappa shape index (κ3) is 4.12. The summed E-state index contributed by atoms with van der Waals surface area (Å²) in [6.45, 7) is 3.98. The largest absolute Gasteiger partial charge is 0.356 e. The first kappa shape index (κ1) is 20.6. The number of aryl methyl sites for hydroxylation is 2. The van der Waals surface area contributed by atoms with E-state index in [9.17, 15) is 9.59 Å². The second kappa shape index (κ2) is 8.60. The van der Waals surface area contributed by atoms with Crippen molar-refractivity contribution in [1.82, 2.24) is 20.0 Å². The molecule has 1 aliphatic heterocycles. The normalized spacial score (nSPS) is 27.2. The second-order valence-corrected chi connectivity index (χ2v) is 8.55. The lowest BCUT2D eigenvalue weighted by atomic mass is 9.90. The maximum atomic E-state index is 13.2. The number of carbonyl (C=O) groups is 2. The summed E-state index contributed by atoms with van der Waals surface area (Å²) in [6, 6.07) is 7.94. The maximum Gasteiger partial charge on any atom is 0.251 e. The van der Waals surface area contributed by atoms with Gasteiger partial charge in [0.1, 0.15) is 6.61 Å². The number of hydrogen-bond donors (Lipinski definition) is 1. The van der Waals surface area contributed by atoms with Crippen LogP contribution in [0.15, 0.2) is 36.7 Å². The van der Waals surface area contributed by atoms with Gasteiger partial charge in [-0.1, -0.05) is 24.3 Å². The van der Waals surface area contributed by atoms with Gasteiger partial charge in [-0.15, -0.1) is 0 Å². The predicted octanol–water partition coefficient (Wildman–Crippen LogP) is 2.70. The van der Waals surface area contributed by atoms with Crippen LogP contribution in [0.4, 0.5) is 0 Å². The Morgan fingerprint density at radius 3 is 2.57 bits per heavy atom. The molecule has 0 radical (unpaired) electrons. The van der Waals surface area contributed by atoms with E-state index in [4.69, 9.17) is 4.74 Å². The van der Waals surface area contributed by atoms with Gasteiger partial charge in [-0.05, 0) is 56.2 Å². The average molecular weight is 411 g/mol. The number of nitrogens with one attached hydrogen (secondary N) is 1. The van der Waals surface area contributed by atoms with E-state index >= 15 is 0 Å². The number of nitrogens with zero attached hydrogens (tertiary/aromatic N) is 3. The van der Waals surface area contributed by atoms with Gasteiger partial charge < -0.3 is 15.0 Å². The number of likely N-dealkylation sites (N-methyl/N-ethyl adjacent to an activating group) is 1. The molecule has 4 rings (SSSR count). The van der Waals surface area contributed by atoms with Crippen molar-refractivity contribution in [2.75, 3.05) is 13.7 Å². The molecule has 30 heavy (non-hydrogen) atoms. The lowest BCUT2D eigenvalue weighted by Gasteiger charge is -2.39. The van der Waals surface area contributed by atoms with E-state index < -0.39 is 12.1 Å². The number of rotatable bonds is 4. The van der Waals surface area contributed by atoms with Crippen molar-refractivity contribution in [3.63, 3.8) is 0 Å². The van der Waals surface area contributed by atoms with Gasteiger partial charge in [0.05, 0.1) is 18.3 Å². The fourth-order valence-corrected chi connectivity index (χ4v) is 4.62. The number of aromatic nitrogens is 2. The van der Waals surface area contributed by atoms with Gasteiger partial charge in [0.25, 0.3) is 5.91 Å². The smallest absolute Gasteiger partial charge is 0.251 e. The zero-order chi connectivity index (χ0) is 21.3. The Balaban J connectivity index is 1.43. The topological polar surface area (TPSA) is 76.5 Å². The summed E-state index contributed by atoms with van der Waals surface area (Å²) in [5, 5.41) is 7.63. The van der Waals surface area contributed by atoms with E-state index in [0.29, 0.717) is 6.04 Å². The maximum absolute atomic E-state index is 13.2. The number of amides is 2. The molecule has 2 atom stereocenters. The zero-order valence-corrected chi connectivity index (χ0v) is 17.9. The van der Waals surface area contributed by atoms with Crippen LogP contribution < -0.4 is 5.32 Å². The van der Waals surface area contributed by atoms with Gasteiger partial charge in [-0.2, -0.15) is 5.10 Å². The molecule has 0 bridgehead atoms. The number of morpholine rings is 1. The molecule has 0 spiro atoms. The predicted molar refractivity (Wildman–Crippen MR) is 113 cm³/mol. The summed E-state index contributed by atoms with van der Waals surface area (Å²) in [7, 11) is 1.75. The Morgan fingerprint density at radius 1 is 1.17 bits per heavy atom. The summed E-state index contributed by atoms with van der Waals surface area (Å²) < 4.78 is 7.81. The highest BCUT2D eigenvalue weighted by Gasteiger charge is 2.41. The summed E-state index contributed by atoms with van der Waals surface area (Å²) >= 11 is 0. The van der Waals surface area contributed by atoms with E-state index in [0.717, 1.165) is 36.8 Å². The van der Waals surface area contributed by atoms with E-state index in [2.05, 4.69) is 16.6 Å². The molecule has 1 saturated heterocycles. The monoisotopic (exact) mass is 410 g/mol. The first-order valence-corrected chi connectivity index (χ1v) is 10.7. The quantitative estimate of drug-likeness (QED) is 0.841. The molecule has 2 aliphatic rings. The lowest BCUT2D eigenvalue weighted by Crippen LogP contribution is -2.54. The van der Waals surface area contributed by atoms with Crippen molar-refractivity contribution < 1.29 is 14.3 Å². The van der Waals surface area contributed by atoms with Gasteiger partial charge in [0.15, 0.2) is 6.10 Å². The molecule has 1 saturated carbocycles. The van der Waals surface area contributed by atoms with E-state index in [-0.39, 0.29) is 24.5 Å². The SMILES string of the molecule is Cc1cnn(C2CCC(NC(=O)[C@H]3OCC(=O)N(C)[C@@H]3c3ccccc3C)CC2)c1. The average Bonchev–Trinajstić information content (AvgIpc) is 3.17. The van der Waals surface area contributed by atoms with Crippen molar-refractivity contribution in [1.29, 1.82) is 0 Å². The summed E-state index contributed by atoms with van der Waals surface area (Å²) in [5.74, 6) is -0.247. The molecule has 1 aromatic heterocycles. The molecule has 1 aliphatic carbocycles. The van der Waals surface area contributed by atoms with Gasteiger partial charge in [-0.25, -0.2) is 0 Å². The molecule has 2 fully saturated rings. The Kier molecular flexibility index (Phi) is 5.90. The van der Waals surface area contributed by atoms with Crippen LogP contribution in [-0.2, 0) is 14.3 Å². The van der Waals surface area contributed by atoms with E-state index in [1.165, 1.54) is 5.56 Å². The number of benzene rings is 1. The zero-order valence-electron chi connectivity index (χ0n) is 17.9. The second-order valence-electron chi connectivity index (χ2n) is 8.55. The van der Waals surface area contributed by atoms with E-state index in [1.807, 2.05) is 49.0 Å². The van der Waals surface area contributed by atoms with Crippen molar-refractivity contribution in [2.45, 2.75) is 63.8 Å². The molecule has 160 valence electrons. The minimum Gasteiger partial charge on any atom is -0.356 e. The lowest BCUT2D eigenvalue weighted by molar-refractivity contribution is -0.162. The minimum absolute atomic E-state index is 0.0671. The van der Waals surface area contributed by atoms with Crippen LogP contribution >= 0.6 is 0 Å². The summed E-state index contributed by atoms with van der Waals surface area (Å²) in [6.07, 6.45) is 7.04. The van der Waals surface area contributed by atoms with Crippen LogP contribution in [0.5, 0.6) is 0 Å². The summed E-state index contributed by atoms with van der Waals surface area (Å²) in [4.78, 5) is 27.1. The van der Waals surface area contributed by atoms with Crippen molar-refractivity contribution >= 4 is 11.8 Å². The van der Waals surface area contributed by atoms with Crippen LogP contribution in [0.1, 0.15) is 54.5 Å². The molecule has 2 aromatic rings.